The van der Waals surface area contributed by atoms with E-state index < -0.39 is 11.8 Å². The molecule has 9 heteroatoms. The van der Waals surface area contributed by atoms with Gasteiger partial charge in [-0.05, 0) is 90.1 Å². The Morgan fingerprint density at radius 1 is 1.34 bits per heavy atom. The molecule has 0 atom stereocenters. The molecule has 1 fully saturated rings. The number of carbonyl (C=O) groups is 2. The van der Waals surface area contributed by atoms with Crippen LogP contribution in [0.4, 0.5) is 5.69 Å². The number of nitrogens with zero attached hydrogens (tertiary/aromatic N) is 1. The number of hydrogen-bond donors (Lipinski definition) is 2. The molecule has 0 radical (unpaired) electrons. The number of amides is 2. The van der Waals surface area contributed by atoms with E-state index in [1.165, 1.54) is 11.0 Å². The number of rotatable bonds is 4. The Kier molecular flexibility index (Phi) is 6.45. The monoisotopic (exact) mass is 542 g/mol. The normalized spacial score (nSPS) is 15.7. The highest BCUT2D eigenvalue weighted by Gasteiger charge is 2.35. The van der Waals surface area contributed by atoms with Gasteiger partial charge in [-0.3, -0.25) is 19.8 Å². The SMILES string of the molecule is CCOc1cc(/C=C2\C(=O)NC(=S)N(c3cccc(Cl)c3C)C2=O)cc(I)c1O. The maximum atomic E-state index is 13.2. The minimum absolute atomic E-state index is 0.00591. The fourth-order valence-electron chi connectivity index (χ4n) is 2.82. The predicted octanol–water partition coefficient (Wildman–Crippen LogP) is 4.19. The van der Waals surface area contributed by atoms with Crippen LogP contribution in [0.15, 0.2) is 35.9 Å². The van der Waals surface area contributed by atoms with Gasteiger partial charge in [0.2, 0.25) is 0 Å². The topological polar surface area (TPSA) is 78.9 Å². The van der Waals surface area contributed by atoms with Crippen LogP contribution in [0.3, 0.4) is 0 Å². The molecule has 2 aromatic carbocycles. The Morgan fingerprint density at radius 3 is 2.76 bits per heavy atom. The highest BCUT2D eigenvalue weighted by molar-refractivity contribution is 14.1. The van der Waals surface area contributed by atoms with Gasteiger partial charge in [-0.2, -0.15) is 0 Å². The van der Waals surface area contributed by atoms with E-state index in [4.69, 9.17) is 28.6 Å². The molecule has 150 valence electrons. The second-order valence-corrected chi connectivity index (χ2v) is 8.08. The number of hydrogen-bond acceptors (Lipinski definition) is 5. The molecule has 2 amide bonds. The largest absolute Gasteiger partial charge is 0.504 e. The molecule has 29 heavy (non-hydrogen) atoms. The molecule has 0 spiro atoms. The Bertz CT molecular complexity index is 1070. The van der Waals surface area contributed by atoms with Crippen LogP contribution in [-0.2, 0) is 9.59 Å². The van der Waals surface area contributed by atoms with E-state index in [9.17, 15) is 14.7 Å². The zero-order valence-corrected chi connectivity index (χ0v) is 19.2. The van der Waals surface area contributed by atoms with E-state index in [1.807, 2.05) is 22.6 Å². The summed E-state index contributed by atoms with van der Waals surface area (Å²) in [5.41, 5.74) is 1.60. The summed E-state index contributed by atoms with van der Waals surface area (Å²) >= 11 is 13.4. The molecule has 0 aliphatic carbocycles. The number of ether oxygens (including phenoxy) is 1. The molecule has 2 aromatic rings. The Morgan fingerprint density at radius 2 is 2.07 bits per heavy atom. The molecule has 1 aliphatic heterocycles. The van der Waals surface area contributed by atoms with Gasteiger partial charge in [0.05, 0.1) is 15.9 Å². The van der Waals surface area contributed by atoms with Crippen LogP contribution in [0.5, 0.6) is 11.5 Å². The smallest absolute Gasteiger partial charge is 0.270 e. The van der Waals surface area contributed by atoms with E-state index in [1.54, 1.807) is 44.2 Å². The van der Waals surface area contributed by atoms with Crippen LogP contribution in [0.25, 0.3) is 6.08 Å². The predicted molar refractivity (Wildman–Crippen MR) is 124 cm³/mol. The van der Waals surface area contributed by atoms with Gasteiger partial charge in [-0.1, -0.05) is 17.7 Å². The second kappa shape index (κ2) is 8.68. The molecule has 3 rings (SSSR count). The summed E-state index contributed by atoms with van der Waals surface area (Å²) in [5, 5.41) is 13.1. The van der Waals surface area contributed by atoms with Crippen molar-refractivity contribution in [2.75, 3.05) is 11.5 Å². The van der Waals surface area contributed by atoms with Gasteiger partial charge < -0.3 is 9.84 Å². The number of thiocarbonyl (C=S) groups is 1. The zero-order valence-electron chi connectivity index (χ0n) is 15.5. The summed E-state index contributed by atoms with van der Waals surface area (Å²) in [4.78, 5) is 26.9. The van der Waals surface area contributed by atoms with Crippen molar-refractivity contribution in [1.82, 2.24) is 5.32 Å². The average Bonchev–Trinajstić information content (AvgIpc) is 2.66. The van der Waals surface area contributed by atoms with Crippen LogP contribution < -0.4 is 15.0 Å². The number of nitrogens with one attached hydrogen (secondary N) is 1. The van der Waals surface area contributed by atoms with E-state index in [0.29, 0.717) is 32.0 Å². The lowest BCUT2D eigenvalue weighted by molar-refractivity contribution is -0.122. The lowest BCUT2D eigenvalue weighted by Gasteiger charge is -2.30. The number of benzene rings is 2. The summed E-state index contributed by atoms with van der Waals surface area (Å²) in [5.74, 6) is -0.888. The number of carbonyl (C=O) groups excluding carboxylic acids is 2. The Balaban J connectivity index is 2.08. The average molecular weight is 543 g/mol. The van der Waals surface area contributed by atoms with Crippen molar-refractivity contribution < 1.29 is 19.4 Å². The first-order chi connectivity index (χ1) is 13.7. The molecular formula is C20H16ClIN2O4S. The van der Waals surface area contributed by atoms with Gasteiger partial charge in [-0.15, -0.1) is 0 Å². The summed E-state index contributed by atoms with van der Waals surface area (Å²) in [7, 11) is 0. The summed E-state index contributed by atoms with van der Waals surface area (Å²) in [6.45, 7) is 3.92. The fourth-order valence-corrected chi connectivity index (χ4v) is 3.89. The van der Waals surface area contributed by atoms with E-state index in [-0.39, 0.29) is 22.2 Å². The molecular weight excluding hydrogens is 527 g/mol. The third-order valence-corrected chi connectivity index (χ3v) is 5.76. The molecule has 2 N–H and O–H groups in total. The number of halogens is 2. The second-order valence-electron chi connectivity index (χ2n) is 6.12. The Hall–Kier alpha value is -2.17. The zero-order chi connectivity index (χ0) is 21.3. The first-order valence-electron chi connectivity index (χ1n) is 8.56. The maximum absolute atomic E-state index is 13.2. The van der Waals surface area contributed by atoms with Gasteiger partial charge in [0.1, 0.15) is 5.57 Å². The van der Waals surface area contributed by atoms with E-state index in [2.05, 4.69) is 5.32 Å². The van der Waals surface area contributed by atoms with Crippen molar-refractivity contribution in [3.8, 4) is 11.5 Å². The lowest BCUT2D eigenvalue weighted by Crippen LogP contribution is -2.54. The number of phenols is 1. The van der Waals surface area contributed by atoms with Gasteiger partial charge in [0, 0.05) is 5.02 Å². The maximum Gasteiger partial charge on any atom is 0.270 e. The number of aromatic hydroxyl groups is 1. The first-order valence-corrected chi connectivity index (χ1v) is 10.4. The Labute approximate surface area is 191 Å². The summed E-state index contributed by atoms with van der Waals surface area (Å²) < 4.78 is 5.95. The van der Waals surface area contributed by atoms with Crippen LogP contribution in [-0.4, -0.2) is 28.6 Å². The fraction of sp³-hybridized carbons (Fsp3) is 0.150. The van der Waals surface area contributed by atoms with Gasteiger partial charge in [-0.25, -0.2) is 0 Å². The minimum Gasteiger partial charge on any atom is -0.504 e. The van der Waals surface area contributed by atoms with Crippen LogP contribution >= 0.6 is 46.4 Å². The molecule has 0 unspecified atom stereocenters. The third kappa shape index (κ3) is 4.24. The highest BCUT2D eigenvalue weighted by Crippen LogP contribution is 2.34. The summed E-state index contributed by atoms with van der Waals surface area (Å²) in [6, 6.07) is 8.33. The molecule has 0 saturated carbocycles. The van der Waals surface area contributed by atoms with Gasteiger partial charge in [0.15, 0.2) is 16.6 Å². The molecule has 0 bridgehead atoms. The number of phenolic OH excluding ortho intramolecular Hbond substituents is 1. The van der Waals surface area contributed by atoms with Crippen molar-refractivity contribution in [3.05, 3.63) is 55.6 Å². The quantitative estimate of drug-likeness (QED) is 0.262. The van der Waals surface area contributed by atoms with Gasteiger partial charge >= 0.3 is 0 Å². The number of anilines is 1. The van der Waals surface area contributed by atoms with Crippen molar-refractivity contribution in [2.45, 2.75) is 13.8 Å². The van der Waals surface area contributed by atoms with Crippen molar-refractivity contribution >= 4 is 75.1 Å². The van der Waals surface area contributed by atoms with Crippen molar-refractivity contribution in [2.24, 2.45) is 0 Å². The molecule has 1 aliphatic rings. The molecule has 6 nitrogen and oxygen atoms in total. The minimum atomic E-state index is -0.600. The van der Waals surface area contributed by atoms with Crippen LogP contribution in [0.1, 0.15) is 18.1 Å². The van der Waals surface area contributed by atoms with Crippen molar-refractivity contribution in [3.63, 3.8) is 0 Å². The highest BCUT2D eigenvalue weighted by atomic mass is 127. The molecule has 1 saturated heterocycles. The van der Waals surface area contributed by atoms with Crippen LogP contribution in [0.2, 0.25) is 5.02 Å². The van der Waals surface area contributed by atoms with Gasteiger partial charge in [0.25, 0.3) is 11.8 Å². The van der Waals surface area contributed by atoms with E-state index in [0.717, 1.165) is 0 Å². The molecule has 0 aromatic heterocycles. The first kappa shape index (κ1) is 21.5. The van der Waals surface area contributed by atoms with Crippen LogP contribution in [0, 0.1) is 10.5 Å². The standard InChI is InChI=1S/C20H16ClIN2O4S/c1-3-28-16-9-11(8-14(22)17(16)25)7-12-18(26)23-20(29)24(19(12)27)15-6-4-5-13(21)10(15)2/h4-9,25H,3H2,1-2H3,(H,23,26,29)/b12-7+. The van der Waals surface area contributed by atoms with Crippen molar-refractivity contribution in [1.29, 1.82) is 0 Å². The lowest BCUT2D eigenvalue weighted by atomic mass is 10.1. The third-order valence-electron chi connectivity index (χ3n) is 4.24. The summed E-state index contributed by atoms with van der Waals surface area (Å²) in [6.07, 6.45) is 1.44. The van der Waals surface area contributed by atoms with E-state index >= 15 is 0 Å². The molecule has 1 heterocycles.